The highest BCUT2D eigenvalue weighted by atomic mass is 35.5. The van der Waals surface area contributed by atoms with Gasteiger partial charge in [-0.15, -0.1) is 6.58 Å². The maximum atomic E-state index is 12.5. The first-order chi connectivity index (χ1) is 14.5. The number of halogens is 1. The zero-order valence-electron chi connectivity index (χ0n) is 17.1. The van der Waals surface area contributed by atoms with Crippen molar-refractivity contribution in [1.29, 1.82) is 0 Å². The number of aliphatic imine (C=N–C) groups is 1. The molecular formula is C23H28ClN3O2S. The van der Waals surface area contributed by atoms with Gasteiger partial charge in [0.25, 0.3) is 0 Å². The van der Waals surface area contributed by atoms with E-state index in [1.165, 1.54) is 0 Å². The van der Waals surface area contributed by atoms with Gasteiger partial charge in [-0.2, -0.15) is 0 Å². The van der Waals surface area contributed by atoms with E-state index in [4.69, 9.17) is 23.8 Å². The van der Waals surface area contributed by atoms with Gasteiger partial charge in [-0.3, -0.25) is 14.7 Å². The molecule has 1 fully saturated rings. The van der Waals surface area contributed by atoms with Gasteiger partial charge in [0.2, 0.25) is 0 Å². The number of Topliss-reactive ketones (excluding diaryl/α,β-unsaturated/α-hetero) is 1. The van der Waals surface area contributed by atoms with Gasteiger partial charge >= 0.3 is 0 Å². The largest absolute Gasteiger partial charge is 0.511 e. The van der Waals surface area contributed by atoms with Crippen molar-refractivity contribution in [2.75, 3.05) is 39.3 Å². The van der Waals surface area contributed by atoms with Gasteiger partial charge in [0, 0.05) is 63.2 Å². The third kappa shape index (κ3) is 6.00. The lowest BCUT2D eigenvalue weighted by atomic mass is 9.83. The van der Waals surface area contributed by atoms with Crippen molar-refractivity contribution < 1.29 is 9.90 Å². The van der Waals surface area contributed by atoms with Crippen molar-refractivity contribution in [3.63, 3.8) is 0 Å². The van der Waals surface area contributed by atoms with Crippen LogP contribution >= 0.6 is 23.8 Å². The highest BCUT2D eigenvalue weighted by Gasteiger charge is 2.27. The molecule has 1 atom stereocenters. The Morgan fingerprint density at radius 3 is 2.57 bits per heavy atom. The second-order valence-electron chi connectivity index (χ2n) is 7.69. The van der Waals surface area contributed by atoms with E-state index >= 15 is 0 Å². The summed E-state index contributed by atoms with van der Waals surface area (Å²) in [5, 5.41) is 11.1. The summed E-state index contributed by atoms with van der Waals surface area (Å²) < 4.78 is 0. The molecular weight excluding hydrogens is 418 g/mol. The van der Waals surface area contributed by atoms with E-state index in [-0.39, 0.29) is 17.5 Å². The minimum absolute atomic E-state index is 0.0182. The van der Waals surface area contributed by atoms with Crippen LogP contribution in [0.15, 0.2) is 53.2 Å². The third-order valence-electron chi connectivity index (χ3n) is 5.63. The summed E-state index contributed by atoms with van der Waals surface area (Å²) >= 11 is 11.3. The van der Waals surface area contributed by atoms with Crippen molar-refractivity contribution in [3.05, 3.63) is 58.8 Å². The van der Waals surface area contributed by atoms with Gasteiger partial charge in [0.05, 0.1) is 17.1 Å². The van der Waals surface area contributed by atoms with E-state index in [2.05, 4.69) is 21.4 Å². The van der Waals surface area contributed by atoms with E-state index in [1.54, 1.807) is 6.21 Å². The SMILES string of the molecule is C=CCC(=S)N1CCN(CCN=CC2=C(O)CC(c3ccc(Cl)cc3)CC2=O)CC1. The standard InChI is InChI=1S/C23H28ClN3O2S/c1-2-3-23(30)27-12-10-26(11-13-27)9-8-25-16-20-21(28)14-18(15-22(20)29)17-4-6-19(24)7-5-17/h2,4-7,16,18,28H,1,3,8-15H2. The quantitative estimate of drug-likeness (QED) is 0.387. The Hall–Kier alpha value is -2.02. The van der Waals surface area contributed by atoms with Crippen molar-refractivity contribution in [3.8, 4) is 0 Å². The van der Waals surface area contributed by atoms with E-state index in [0.29, 0.717) is 30.0 Å². The van der Waals surface area contributed by atoms with E-state index in [9.17, 15) is 9.90 Å². The van der Waals surface area contributed by atoms with Crippen molar-refractivity contribution in [1.82, 2.24) is 9.80 Å². The summed E-state index contributed by atoms with van der Waals surface area (Å²) in [5.74, 6) is 0.0430. The molecule has 1 N–H and O–H groups in total. The van der Waals surface area contributed by atoms with E-state index < -0.39 is 0 Å². The number of benzene rings is 1. The van der Waals surface area contributed by atoms with Gasteiger partial charge in [-0.1, -0.05) is 42.0 Å². The van der Waals surface area contributed by atoms with Gasteiger partial charge in [0.1, 0.15) is 5.76 Å². The number of aliphatic hydroxyl groups excluding tert-OH is 1. The minimum atomic E-state index is -0.0632. The number of aliphatic hydroxyl groups is 1. The van der Waals surface area contributed by atoms with E-state index in [1.807, 2.05) is 30.3 Å². The lowest BCUT2D eigenvalue weighted by molar-refractivity contribution is -0.116. The van der Waals surface area contributed by atoms with Gasteiger partial charge in [-0.25, -0.2) is 0 Å². The number of hydrogen-bond acceptors (Lipinski definition) is 5. The molecule has 7 heteroatoms. The fourth-order valence-electron chi connectivity index (χ4n) is 3.86. The number of rotatable bonds is 7. The summed E-state index contributed by atoms with van der Waals surface area (Å²) in [6.45, 7) is 8.91. The number of ketones is 1. The molecule has 160 valence electrons. The summed E-state index contributed by atoms with van der Waals surface area (Å²) in [5.41, 5.74) is 1.36. The zero-order valence-corrected chi connectivity index (χ0v) is 18.7. The molecule has 1 aliphatic heterocycles. The second kappa shape index (κ2) is 10.8. The minimum Gasteiger partial charge on any atom is -0.511 e. The van der Waals surface area contributed by atoms with Crippen LogP contribution in [-0.4, -0.2) is 71.2 Å². The molecule has 1 aromatic carbocycles. The number of piperazine rings is 1. The molecule has 2 aliphatic rings. The summed E-state index contributed by atoms with van der Waals surface area (Å²) in [7, 11) is 0. The molecule has 1 unspecified atom stereocenters. The maximum Gasteiger partial charge on any atom is 0.168 e. The number of allylic oxidation sites excluding steroid dienone is 2. The Kier molecular flexibility index (Phi) is 8.19. The Morgan fingerprint density at radius 2 is 1.93 bits per heavy atom. The summed E-state index contributed by atoms with van der Waals surface area (Å²) in [4.78, 5) is 22.5. The number of nitrogens with zero attached hydrogens (tertiary/aromatic N) is 3. The van der Waals surface area contributed by atoms with Crippen LogP contribution in [0.2, 0.25) is 5.02 Å². The highest BCUT2D eigenvalue weighted by molar-refractivity contribution is 7.80. The van der Waals surface area contributed by atoms with Gasteiger partial charge in [-0.05, 0) is 23.6 Å². The number of carbonyl (C=O) groups excluding carboxylic acids is 1. The maximum absolute atomic E-state index is 12.5. The number of hydrogen-bond donors (Lipinski definition) is 1. The average molecular weight is 446 g/mol. The monoisotopic (exact) mass is 445 g/mol. The summed E-state index contributed by atoms with van der Waals surface area (Å²) in [6, 6.07) is 7.45. The fraction of sp³-hybridized carbons (Fsp3) is 0.435. The number of thiocarbonyl (C=S) groups is 1. The molecule has 1 aromatic rings. The lowest BCUT2D eigenvalue weighted by Crippen LogP contribution is -2.48. The smallest absolute Gasteiger partial charge is 0.168 e. The molecule has 0 spiro atoms. The molecule has 1 saturated heterocycles. The van der Waals surface area contributed by atoms with Crippen LogP contribution in [0.1, 0.15) is 30.7 Å². The van der Waals surface area contributed by atoms with Crippen LogP contribution in [-0.2, 0) is 4.79 Å². The Bertz CT molecular complexity index is 843. The molecule has 0 aromatic heterocycles. The first-order valence-electron chi connectivity index (χ1n) is 10.3. The van der Waals surface area contributed by atoms with Crippen molar-refractivity contribution >= 4 is 40.8 Å². The molecule has 1 heterocycles. The van der Waals surface area contributed by atoms with Crippen LogP contribution in [0.4, 0.5) is 0 Å². The highest BCUT2D eigenvalue weighted by Crippen LogP contribution is 2.33. The second-order valence-corrected chi connectivity index (χ2v) is 8.60. The Morgan fingerprint density at radius 1 is 1.23 bits per heavy atom. The number of carbonyl (C=O) groups is 1. The third-order valence-corrected chi connectivity index (χ3v) is 6.31. The first-order valence-corrected chi connectivity index (χ1v) is 11.1. The molecule has 0 saturated carbocycles. The van der Waals surface area contributed by atoms with Gasteiger partial charge in [0.15, 0.2) is 5.78 Å². The topological polar surface area (TPSA) is 56.1 Å². The van der Waals surface area contributed by atoms with Crippen LogP contribution in [0, 0.1) is 0 Å². The predicted octanol–water partition coefficient (Wildman–Crippen LogP) is 4.19. The predicted molar refractivity (Wildman–Crippen MR) is 127 cm³/mol. The van der Waals surface area contributed by atoms with Crippen molar-refractivity contribution in [2.45, 2.75) is 25.2 Å². The Labute approximate surface area is 188 Å². The molecule has 1 aliphatic carbocycles. The molecule has 3 rings (SSSR count). The average Bonchev–Trinajstić information content (AvgIpc) is 2.73. The molecule has 0 radical (unpaired) electrons. The van der Waals surface area contributed by atoms with Crippen molar-refractivity contribution in [2.24, 2.45) is 4.99 Å². The van der Waals surface area contributed by atoms with Gasteiger partial charge < -0.3 is 10.0 Å². The molecule has 30 heavy (non-hydrogen) atoms. The molecule has 5 nitrogen and oxygen atoms in total. The van der Waals surface area contributed by atoms with Crippen LogP contribution in [0.5, 0.6) is 0 Å². The molecule has 0 amide bonds. The van der Waals surface area contributed by atoms with Crippen LogP contribution in [0.25, 0.3) is 0 Å². The Balaban J connectivity index is 1.47. The normalized spacial score (nSPS) is 20.8. The first kappa shape index (κ1) is 22.7. The van der Waals surface area contributed by atoms with E-state index in [0.717, 1.165) is 49.7 Å². The van der Waals surface area contributed by atoms with Crippen LogP contribution < -0.4 is 0 Å². The van der Waals surface area contributed by atoms with Crippen LogP contribution in [0.3, 0.4) is 0 Å². The fourth-order valence-corrected chi connectivity index (χ4v) is 4.28. The zero-order chi connectivity index (χ0) is 21.5. The lowest BCUT2D eigenvalue weighted by Gasteiger charge is -2.35. The summed E-state index contributed by atoms with van der Waals surface area (Å²) in [6.07, 6.45) is 4.97. The molecule has 0 bridgehead atoms.